The van der Waals surface area contributed by atoms with E-state index in [1.54, 1.807) is 0 Å². The number of amidine groups is 1. The Balaban J connectivity index is 1.28. The number of nitrogens with zero attached hydrogens (tertiary/aromatic N) is 5. The molecule has 0 aliphatic rings. The molecule has 0 saturated carbocycles. The van der Waals surface area contributed by atoms with Crippen molar-refractivity contribution in [1.82, 2.24) is 9.55 Å². The maximum Gasteiger partial charge on any atom is 0.163 e. The maximum atomic E-state index is 6.37. The normalized spacial score (nSPS) is 11.8. The van der Waals surface area contributed by atoms with E-state index in [0.717, 1.165) is 50.6 Å². The molecular weight excluding hydrogens is 589 g/mol. The third kappa shape index (κ3) is 6.41. The molecule has 0 amide bonds. The van der Waals surface area contributed by atoms with Crippen molar-refractivity contribution in [2.24, 2.45) is 15.7 Å². The first-order valence-corrected chi connectivity index (χ1v) is 15.8. The predicted molar refractivity (Wildman–Crippen MR) is 200 cm³/mol. The SMILES string of the molecule is C=C(N=C(CN=C(N)c1ccccc1)c1ccccc1)c1nc2ccccc2n1-c1ccc(N(c2ccccc2)c2ccccc2)cc1. The van der Waals surface area contributed by atoms with Gasteiger partial charge in [-0.25, -0.2) is 9.98 Å². The lowest BCUT2D eigenvalue weighted by Crippen LogP contribution is -2.16. The molecular formula is C42H34N6. The molecule has 232 valence electrons. The van der Waals surface area contributed by atoms with Crippen molar-refractivity contribution >= 4 is 45.3 Å². The second kappa shape index (κ2) is 13.8. The number of nitrogens with two attached hydrogens (primary N) is 1. The molecule has 0 fully saturated rings. The number of aromatic nitrogens is 2. The lowest BCUT2D eigenvalue weighted by molar-refractivity contribution is 1.04. The average Bonchev–Trinajstić information content (AvgIpc) is 3.55. The van der Waals surface area contributed by atoms with E-state index in [9.17, 15) is 0 Å². The van der Waals surface area contributed by atoms with Crippen LogP contribution < -0.4 is 10.6 Å². The molecule has 7 aromatic rings. The highest BCUT2D eigenvalue weighted by Gasteiger charge is 2.18. The number of fused-ring (bicyclic) bond motifs is 1. The van der Waals surface area contributed by atoms with E-state index in [2.05, 4.69) is 94.9 Å². The van der Waals surface area contributed by atoms with Crippen molar-refractivity contribution in [3.63, 3.8) is 0 Å². The van der Waals surface area contributed by atoms with Crippen LogP contribution in [0.1, 0.15) is 17.0 Å². The van der Waals surface area contributed by atoms with Gasteiger partial charge < -0.3 is 10.6 Å². The van der Waals surface area contributed by atoms with Crippen LogP contribution >= 0.6 is 0 Å². The number of aliphatic imine (C=N–C) groups is 2. The average molecular weight is 623 g/mol. The molecule has 7 rings (SSSR count). The van der Waals surface area contributed by atoms with Crippen molar-refractivity contribution in [2.75, 3.05) is 11.4 Å². The highest BCUT2D eigenvalue weighted by atomic mass is 15.1. The molecule has 2 N–H and O–H groups in total. The largest absolute Gasteiger partial charge is 0.383 e. The van der Waals surface area contributed by atoms with Crippen molar-refractivity contribution in [2.45, 2.75) is 0 Å². The zero-order chi connectivity index (χ0) is 32.7. The third-order valence-electron chi connectivity index (χ3n) is 8.06. The molecule has 0 aliphatic heterocycles. The lowest BCUT2D eigenvalue weighted by atomic mass is 10.1. The molecule has 0 radical (unpaired) electrons. The van der Waals surface area contributed by atoms with Crippen molar-refractivity contribution in [3.05, 3.63) is 193 Å². The fourth-order valence-corrected chi connectivity index (χ4v) is 5.73. The van der Waals surface area contributed by atoms with E-state index in [4.69, 9.17) is 20.7 Å². The van der Waals surface area contributed by atoms with Crippen molar-refractivity contribution < 1.29 is 0 Å². The van der Waals surface area contributed by atoms with E-state index >= 15 is 0 Å². The first-order valence-electron chi connectivity index (χ1n) is 15.8. The van der Waals surface area contributed by atoms with Gasteiger partial charge in [-0.1, -0.05) is 116 Å². The Hall–Kier alpha value is -6.53. The summed E-state index contributed by atoms with van der Waals surface area (Å²) >= 11 is 0. The van der Waals surface area contributed by atoms with Crippen LogP contribution in [0.3, 0.4) is 0 Å². The van der Waals surface area contributed by atoms with E-state index in [0.29, 0.717) is 17.4 Å². The Morgan fingerprint density at radius 1 is 0.604 bits per heavy atom. The van der Waals surface area contributed by atoms with Gasteiger partial charge in [0.1, 0.15) is 5.84 Å². The van der Waals surface area contributed by atoms with Gasteiger partial charge in [0.05, 0.1) is 29.0 Å². The van der Waals surface area contributed by atoms with E-state index in [-0.39, 0.29) is 6.54 Å². The summed E-state index contributed by atoms with van der Waals surface area (Å²) < 4.78 is 2.12. The molecule has 0 saturated heterocycles. The second-order valence-corrected chi connectivity index (χ2v) is 11.2. The Labute approximate surface area is 280 Å². The van der Waals surface area contributed by atoms with Crippen LogP contribution in [0.25, 0.3) is 22.4 Å². The van der Waals surface area contributed by atoms with Gasteiger partial charge in [0, 0.05) is 28.3 Å². The minimum Gasteiger partial charge on any atom is -0.383 e. The lowest BCUT2D eigenvalue weighted by Gasteiger charge is -2.25. The number of hydrogen-bond donors (Lipinski definition) is 1. The van der Waals surface area contributed by atoms with Crippen LogP contribution in [0.5, 0.6) is 0 Å². The second-order valence-electron chi connectivity index (χ2n) is 11.2. The molecule has 48 heavy (non-hydrogen) atoms. The highest BCUT2D eigenvalue weighted by Crippen LogP contribution is 2.35. The van der Waals surface area contributed by atoms with Gasteiger partial charge in [0.2, 0.25) is 0 Å². The van der Waals surface area contributed by atoms with Crippen LogP contribution in [-0.4, -0.2) is 27.6 Å². The zero-order valence-electron chi connectivity index (χ0n) is 26.4. The summed E-state index contributed by atoms with van der Waals surface area (Å²) in [6.45, 7) is 4.71. The Morgan fingerprint density at radius 2 is 1.10 bits per heavy atom. The van der Waals surface area contributed by atoms with Gasteiger partial charge in [-0.3, -0.25) is 9.56 Å². The minimum atomic E-state index is 0.285. The van der Waals surface area contributed by atoms with Gasteiger partial charge in [-0.05, 0) is 66.2 Å². The molecule has 6 heteroatoms. The summed E-state index contributed by atoms with van der Waals surface area (Å²) in [5.41, 5.74) is 15.4. The van der Waals surface area contributed by atoms with Gasteiger partial charge in [0.25, 0.3) is 0 Å². The van der Waals surface area contributed by atoms with E-state index in [1.165, 1.54) is 0 Å². The van der Waals surface area contributed by atoms with Gasteiger partial charge in [-0.15, -0.1) is 0 Å². The predicted octanol–water partition coefficient (Wildman–Crippen LogP) is 9.36. The summed E-state index contributed by atoms with van der Waals surface area (Å²) in [7, 11) is 0. The summed E-state index contributed by atoms with van der Waals surface area (Å²) in [5.74, 6) is 1.11. The third-order valence-corrected chi connectivity index (χ3v) is 8.06. The summed E-state index contributed by atoms with van der Waals surface area (Å²) in [4.78, 5) is 17.0. The molecule has 1 heterocycles. The summed E-state index contributed by atoms with van der Waals surface area (Å²) in [6.07, 6.45) is 0. The maximum absolute atomic E-state index is 6.37. The summed E-state index contributed by atoms with van der Waals surface area (Å²) in [5, 5.41) is 0. The topological polar surface area (TPSA) is 71.8 Å². The van der Waals surface area contributed by atoms with E-state index < -0.39 is 0 Å². The standard InChI is InChI=1S/C42H34N6/c1-31(45-39(32-16-6-2-7-17-32)30-44-41(43)33-18-8-3-9-19-33)42-46-38-24-14-15-25-40(38)48(42)37-28-26-36(27-29-37)47(34-20-10-4-11-21-34)35-22-12-5-13-23-35/h2-29H,1,30H2,(H2,43,44). The Kier molecular flexibility index (Phi) is 8.70. The fourth-order valence-electron chi connectivity index (χ4n) is 5.73. The molecule has 6 nitrogen and oxygen atoms in total. The first kappa shape index (κ1) is 30.1. The number of anilines is 3. The molecule has 6 aromatic carbocycles. The van der Waals surface area contributed by atoms with Crippen LogP contribution in [0.2, 0.25) is 0 Å². The summed E-state index contributed by atoms with van der Waals surface area (Å²) in [6, 6.07) is 57.1. The number of imidazole rings is 1. The van der Waals surface area contributed by atoms with Crippen LogP contribution in [0.4, 0.5) is 17.1 Å². The number of para-hydroxylation sites is 4. The Morgan fingerprint density at radius 3 is 1.71 bits per heavy atom. The van der Waals surface area contributed by atoms with Crippen molar-refractivity contribution in [1.29, 1.82) is 0 Å². The molecule has 0 spiro atoms. The highest BCUT2D eigenvalue weighted by molar-refractivity contribution is 6.07. The quantitative estimate of drug-likeness (QED) is 0.122. The van der Waals surface area contributed by atoms with Crippen molar-refractivity contribution in [3.8, 4) is 5.69 Å². The van der Waals surface area contributed by atoms with Crippen LogP contribution in [0.15, 0.2) is 186 Å². The first-order chi connectivity index (χ1) is 23.7. The van der Waals surface area contributed by atoms with Gasteiger partial charge >= 0.3 is 0 Å². The fraction of sp³-hybridized carbons (Fsp3) is 0.0238. The monoisotopic (exact) mass is 622 g/mol. The van der Waals surface area contributed by atoms with Gasteiger partial charge in [-0.2, -0.15) is 0 Å². The van der Waals surface area contributed by atoms with Gasteiger partial charge in [0.15, 0.2) is 5.82 Å². The number of rotatable bonds is 10. The molecule has 1 aromatic heterocycles. The van der Waals surface area contributed by atoms with Crippen LogP contribution in [-0.2, 0) is 0 Å². The number of benzene rings is 6. The molecule has 0 aliphatic carbocycles. The molecule has 0 atom stereocenters. The molecule has 0 unspecified atom stereocenters. The smallest absolute Gasteiger partial charge is 0.163 e. The molecule has 0 bridgehead atoms. The number of hydrogen-bond acceptors (Lipinski definition) is 4. The Bertz CT molecular complexity index is 2160. The minimum absolute atomic E-state index is 0.285. The van der Waals surface area contributed by atoms with E-state index in [1.807, 2.05) is 91.0 Å². The van der Waals surface area contributed by atoms with Crippen LogP contribution in [0, 0.1) is 0 Å². The zero-order valence-corrected chi connectivity index (χ0v) is 26.4.